The molecule has 2 bridgehead atoms. The minimum absolute atomic E-state index is 0.0307. The molecule has 4 nitrogen and oxygen atoms in total. The first-order valence-electron chi connectivity index (χ1n) is 5.67. The van der Waals surface area contributed by atoms with Gasteiger partial charge in [0.05, 0.1) is 11.8 Å². The molecule has 0 radical (unpaired) electrons. The SMILES string of the molecule is COCN1C(=O)C2C3CC(C=C3C)[C@@H]2C1=O. The average Bonchev–Trinajstić information content (AvgIpc) is 2.85. The lowest BCUT2D eigenvalue weighted by Gasteiger charge is -2.18. The molecule has 0 aromatic heterocycles. The Hall–Kier alpha value is -1.16. The minimum Gasteiger partial charge on any atom is -0.364 e. The zero-order valence-electron chi connectivity index (χ0n) is 9.47. The molecule has 0 aromatic carbocycles. The minimum atomic E-state index is -0.101. The standard InChI is InChI=1S/C12H15NO3/c1-6-3-7-4-8(6)10-9(7)11(14)13(5-16-2)12(10)15/h3,7-10H,4-5H2,1-2H3/t7?,8?,9-,10?/m0/s1. The molecule has 1 aliphatic heterocycles. The number of ether oxygens (including phenoxy) is 1. The topological polar surface area (TPSA) is 46.6 Å². The van der Waals surface area contributed by atoms with E-state index < -0.39 is 0 Å². The Morgan fingerprint density at radius 3 is 2.75 bits per heavy atom. The third-order valence-corrected chi connectivity index (χ3v) is 4.23. The van der Waals surface area contributed by atoms with Gasteiger partial charge in [0, 0.05) is 7.11 Å². The highest BCUT2D eigenvalue weighted by Crippen LogP contribution is 2.55. The summed E-state index contributed by atoms with van der Waals surface area (Å²) in [6.07, 6.45) is 3.16. The van der Waals surface area contributed by atoms with E-state index in [2.05, 4.69) is 13.0 Å². The fraction of sp³-hybridized carbons (Fsp3) is 0.667. The maximum atomic E-state index is 12.1. The van der Waals surface area contributed by atoms with Crippen molar-refractivity contribution in [1.29, 1.82) is 0 Å². The number of fused-ring (bicyclic) bond motifs is 5. The summed E-state index contributed by atoms with van der Waals surface area (Å²) in [6.45, 7) is 2.17. The highest BCUT2D eigenvalue weighted by molar-refractivity contribution is 6.06. The summed E-state index contributed by atoms with van der Waals surface area (Å²) < 4.78 is 4.92. The molecule has 3 rings (SSSR count). The average molecular weight is 221 g/mol. The number of hydrogen-bond acceptors (Lipinski definition) is 3. The van der Waals surface area contributed by atoms with E-state index in [1.165, 1.54) is 17.6 Å². The maximum Gasteiger partial charge on any atom is 0.235 e. The van der Waals surface area contributed by atoms with Gasteiger partial charge in [0.25, 0.3) is 0 Å². The Morgan fingerprint density at radius 2 is 2.06 bits per heavy atom. The number of nitrogens with zero attached hydrogens (tertiary/aromatic N) is 1. The summed E-state index contributed by atoms with van der Waals surface area (Å²) in [5.41, 5.74) is 1.28. The first-order valence-corrected chi connectivity index (χ1v) is 5.67. The molecule has 0 N–H and O–H groups in total. The zero-order valence-corrected chi connectivity index (χ0v) is 9.47. The van der Waals surface area contributed by atoms with Crippen molar-refractivity contribution in [3.05, 3.63) is 11.6 Å². The van der Waals surface area contributed by atoms with Crippen LogP contribution in [0, 0.1) is 23.7 Å². The fourth-order valence-electron chi connectivity index (χ4n) is 3.59. The lowest BCUT2D eigenvalue weighted by Crippen LogP contribution is -2.34. The Balaban J connectivity index is 1.94. The van der Waals surface area contributed by atoms with Crippen molar-refractivity contribution >= 4 is 11.8 Å². The summed E-state index contributed by atoms with van der Waals surface area (Å²) in [4.78, 5) is 25.5. The van der Waals surface area contributed by atoms with E-state index in [0.717, 1.165) is 6.42 Å². The highest BCUT2D eigenvalue weighted by atomic mass is 16.5. The monoisotopic (exact) mass is 221 g/mol. The molecular weight excluding hydrogens is 206 g/mol. The van der Waals surface area contributed by atoms with Crippen LogP contribution in [0.15, 0.2) is 11.6 Å². The lowest BCUT2D eigenvalue weighted by atomic mass is 9.82. The van der Waals surface area contributed by atoms with Gasteiger partial charge in [0.1, 0.15) is 6.73 Å². The van der Waals surface area contributed by atoms with Crippen molar-refractivity contribution in [2.24, 2.45) is 23.7 Å². The largest absolute Gasteiger partial charge is 0.364 e. The van der Waals surface area contributed by atoms with Gasteiger partial charge in [-0.25, -0.2) is 0 Å². The zero-order chi connectivity index (χ0) is 11.4. The van der Waals surface area contributed by atoms with E-state index in [1.807, 2.05) is 0 Å². The van der Waals surface area contributed by atoms with E-state index in [4.69, 9.17) is 4.74 Å². The summed E-state index contributed by atoms with van der Waals surface area (Å²) in [5, 5.41) is 0. The fourth-order valence-corrected chi connectivity index (χ4v) is 3.59. The first-order chi connectivity index (χ1) is 7.65. The Kier molecular flexibility index (Phi) is 1.98. The number of rotatable bonds is 2. The Labute approximate surface area is 94.2 Å². The third-order valence-electron chi connectivity index (χ3n) is 4.23. The summed E-state index contributed by atoms with van der Waals surface area (Å²) in [5.74, 6) is 0.320. The summed E-state index contributed by atoms with van der Waals surface area (Å²) >= 11 is 0. The van der Waals surface area contributed by atoms with Crippen molar-refractivity contribution in [3.63, 3.8) is 0 Å². The molecule has 2 aliphatic carbocycles. The van der Waals surface area contributed by atoms with Crippen LogP contribution in [0.5, 0.6) is 0 Å². The van der Waals surface area contributed by atoms with Crippen LogP contribution in [0.4, 0.5) is 0 Å². The Morgan fingerprint density at radius 1 is 1.38 bits per heavy atom. The molecule has 1 saturated carbocycles. The predicted molar refractivity (Wildman–Crippen MR) is 56.1 cm³/mol. The molecule has 3 aliphatic rings. The van der Waals surface area contributed by atoms with Gasteiger partial charge >= 0.3 is 0 Å². The summed E-state index contributed by atoms with van der Waals surface area (Å²) in [7, 11) is 1.51. The van der Waals surface area contributed by atoms with E-state index in [1.54, 1.807) is 0 Å². The molecule has 2 fully saturated rings. The number of carbonyl (C=O) groups excluding carboxylic acids is 2. The second-order valence-electron chi connectivity index (χ2n) is 4.99. The molecule has 0 spiro atoms. The van der Waals surface area contributed by atoms with Crippen molar-refractivity contribution < 1.29 is 14.3 Å². The Bertz CT molecular complexity index is 401. The molecule has 0 aromatic rings. The molecule has 1 saturated heterocycles. The van der Waals surface area contributed by atoms with Gasteiger partial charge in [0.2, 0.25) is 11.8 Å². The second-order valence-corrected chi connectivity index (χ2v) is 4.99. The van der Waals surface area contributed by atoms with Crippen LogP contribution >= 0.6 is 0 Å². The normalized spacial score (nSPS) is 40.6. The number of carbonyl (C=O) groups is 2. The van der Waals surface area contributed by atoms with E-state index in [0.29, 0.717) is 5.92 Å². The van der Waals surface area contributed by atoms with Crippen LogP contribution in [0.25, 0.3) is 0 Å². The van der Waals surface area contributed by atoms with Crippen LogP contribution in [0.2, 0.25) is 0 Å². The quantitative estimate of drug-likeness (QED) is 0.511. The second kappa shape index (κ2) is 3.17. The van der Waals surface area contributed by atoms with Gasteiger partial charge in [-0.1, -0.05) is 11.6 Å². The van der Waals surface area contributed by atoms with Crippen molar-refractivity contribution in [3.8, 4) is 0 Å². The van der Waals surface area contributed by atoms with Crippen LogP contribution in [-0.2, 0) is 14.3 Å². The van der Waals surface area contributed by atoms with Crippen molar-refractivity contribution in [1.82, 2.24) is 4.90 Å². The molecule has 16 heavy (non-hydrogen) atoms. The van der Waals surface area contributed by atoms with Crippen molar-refractivity contribution in [2.45, 2.75) is 13.3 Å². The van der Waals surface area contributed by atoms with Gasteiger partial charge in [-0.3, -0.25) is 14.5 Å². The van der Waals surface area contributed by atoms with Gasteiger partial charge < -0.3 is 4.74 Å². The van der Waals surface area contributed by atoms with Crippen LogP contribution in [0.3, 0.4) is 0 Å². The highest BCUT2D eigenvalue weighted by Gasteiger charge is 2.60. The van der Waals surface area contributed by atoms with E-state index in [-0.39, 0.29) is 36.3 Å². The number of methoxy groups -OCH3 is 1. The first kappa shape index (κ1) is 10.0. The molecule has 4 atom stereocenters. The van der Waals surface area contributed by atoms with Gasteiger partial charge in [-0.05, 0) is 25.2 Å². The number of hydrogen-bond donors (Lipinski definition) is 0. The van der Waals surface area contributed by atoms with Gasteiger partial charge in [-0.15, -0.1) is 0 Å². The molecular formula is C12H15NO3. The predicted octanol–water partition coefficient (Wildman–Crippen LogP) is 0.787. The van der Waals surface area contributed by atoms with Crippen LogP contribution in [-0.4, -0.2) is 30.6 Å². The maximum absolute atomic E-state index is 12.1. The van der Waals surface area contributed by atoms with Crippen LogP contribution in [0.1, 0.15) is 13.3 Å². The van der Waals surface area contributed by atoms with Crippen LogP contribution < -0.4 is 0 Å². The smallest absolute Gasteiger partial charge is 0.235 e. The molecule has 1 heterocycles. The number of allylic oxidation sites excluding steroid dienone is 2. The van der Waals surface area contributed by atoms with E-state index in [9.17, 15) is 9.59 Å². The third kappa shape index (κ3) is 1.03. The molecule has 2 amide bonds. The number of likely N-dealkylation sites (tertiary alicyclic amines) is 1. The molecule has 4 heteroatoms. The van der Waals surface area contributed by atoms with Gasteiger partial charge in [-0.2, -0.15) is 0 Å². The summed E-state index contributed by atoms with van der Waals surface area (Å²) in [6, 6.07) is 0. The number of imide groups is 1. The molecule has 3 unspecified atom stereocenters. The van der Waals surface area contributed by atoms with Crippen molar-refractivity contribution in [2.75, 3.05) is 13.8 Å². The van der Waals surface area contributed by atoms with E-state index >= 15 is 0 Å². The lowest BCUT2D eigenvalue weighted by molar-refractivity contribution is -0.145. The molecule has 86 valence electrons. The van der Waals surface area contributed by atoms with Gasteiger partial charge in [0.15, 0.2) is 0 Å². The number of amides is 2.